The lowest BCUT2D eigenvalue weighted by atomic mass is 9.97. The van der Waals surface area contributed by atoms with Crippen molar-refractivity contribution in [1.29, 1.82) is 0 Å². The Hall–Kier alpha value is -1.91. The van der Waals surface area contributed by atoms with Gasteiger partial charge in [-0.15, -0.1) is 0 Å². The number of hydrogen-bond donors (Lipinski definition) is 0. The SMILES string of the molecule is CC(=O)N1CCN(C(c2ccc(Cl)cc2)c2cccnc2)CC1. The fourth-order valence-corrected chi connectivity index (χ4v) is 3.22. The maximum atomic E-state index is 11.5. The van der Waals surface area contributed by atoms with Gasteiger partial charge in [0.1, 0.15) is 0 Å². The molecule has 1 fully saturated rings. The van der Waals surface area contributed by atoms with Gasteiger partial charge in [-0.2, -0.15) is 0 Å². The maximum Gasteiger partial charge on any atom is 0.219 e. The van der Waals surface area contributed by atoms with Gasteiger partial charge in [0.25, 0.3) is 0 Å². The molecule has 0 bridgehead atoms. The summed E-state index contributed by atoms with van der Waals surface area (Å²) in [4.78, 5) is 20.1. The van der Waals surface area contributed by atoms with Crippen LogP contribution in [0.5, 0.6) is 0 Å². The molecule has 2 aromatic rings. The summed E-state index contributed by atoms with van der Waals surface area (Å²) in [7, 11) is 0. The first-order valence-electron chi connectivity index (χ1n) is 7.80. The molecule has 1 amide bonds. The van der Waals surface area contributed by atoms with E-state index in [2.05, 4.69) is 28.1 Å². The van der Waals surface area contributed by atoms with E-state index in [0.29, 0.717) is 0 Å². The Bertz CT molecular complexity index is 652. The van der Waals surface area contributed by atoms with Gasteiger partial charge in [0.15, 0.2) is 0 Å². The molecule has 1 aromatic carbocycles. The molecule has 1 aliphatic heterocycles. The Kier molecular flexibility index (Phi) is 4.94. The smallest absolute Gasteiger partial charge is 0.219 e. The lowest BCUT2D eigenvalue weighted by molar-refractivity contribution is -0.130. The number of rotatable bonds is 3. The second kappa shape index (κ2) is 7.11. The number of hydrogen-bond acceptors (Lipinski definition) is 3. The van der Waals surface area contributed by atoms with Gasteiger partial charge in [-0.1, -0.05) is 29.8 Å². The lowest BCUT2D eigenvalue weighted by Gasteiger charge is -2.39. The Balaban J connectivity index is 1.87. The molecule has 1 saturated heterocycles. The van der Waals surface area contributed by atoms with E-state index in [1.54, 1.807) is 13.1 Å². The Morgan fingerprint density at radius 1 is 1.09 bits per heavy atom. The Morgan fingerprint density at radius 2 is 1.78 bits per heavy atom. The summed E-state index contributed by atoms with van der Waals surface area (Å²) in [6.45, 7) is 4.86. The number of amides is 1. The van der Waals surface area contributed by atoms with Crippen molar-refractivity contribution in [1.82, 2.24) is 14.8 Å². The van der Waals surface area contributed by atoms with Crippen LogP contribution in [0.2, 0.25) is 5.02 Å². The molecule has 1 unspecified atom stereocenters. The van der Waals surface area contributed by atoms with Gasteiger partial charge in [-0.25, -0.2) is 0 Å². The van der Waals surface area contributed by atoms with Crippen molar-refractivity contribution >= 4 is 17.5 Å². The molecule has 1 atom stereocenters. The summed E-state index contributed by atoms with van der Waals surface area (Å²) in [6.07, 6.45) is 3.70. The maximum absolute atomic E-state index is 11.5. The van der Waals surface area contributed by atoms with E-state index in [0.717, 1.165) is 36.8 Å². The van der Waals surface area contributed by atoms with Crippen molar-refractivity contribution in [2.75, 3.05) is 26.2 Å². The van der Waals surface area contributed by atoms with Crippen LogP contribution in [0, 0.1) is 0 Å². The summed E-state index contributed by atoms with van der Waals surface area (Å²) in [5, 5.41) is 0.736. The van der Waals surface area contributed by atoms with E-state index >= 15 is 0 Å². The lowest BCUT2D eigenvalue weighted by Crippen LogP contribution is -2.49. The minimum atomic E-state index is 0.134. The number of benzene rings is 1. The van der Waals surface area contributed by atoms with Crippen LogP contribution in [0.4, 0.5) is 0 Å². The zero-order chi connectivity index (χ0) is 16.2. The number of carbonyl (C=O) groups excluding carboxylic acids is 1. The number of aromatic nitrogens is 1. The average Bonchev–Trinajstić information content (AvgIpc) is 2.58. The second-order valence-electron chi connectivity index (χ2n) is 5.78. The zero-order valence-corrected chi connectivity index (χ0v) is 13.9. The van der Waals surface area contributed by atoms with Crippen LogP contribution in [0.3, 0.4) is 0 Å². The summed E-state index contributed by atoms with van der Waals surface area (Å²) in [5.74, 6) is 0.147. The third kappa shape index (κ3) is 3.71. The van der Waals surface area contributed by atoms with E-state index in [4.69, 9.17) is 11.6 Å². The van der Waals surface area contributed by atoms with Gasteiger partial charge >= 0.3 is 0 Å². The molecule has 1 aromatic heterocycles. The highest BCUT2D eigenvalue weighted by atomic mass is 35.5. The van der Waals surface area contributed by atoms with Gasteiger partial charge in [0.2, 0.25) is 5.91 Å². The molecule has 4 nitrogen and oxygen atoms in total. The van der Waals surface area contributed by atoms with Crippen molar-refractivity contribution in [3.8, 4) is 0 Å². The number of piperazine rings is 1. The quantitative estimate of drug-likeness (QED) is 0.868. The predicted molar refractivity (Wildman–Crippen MR) is 91.4 cm³/mol. The van der Waals surface area contributed by atoms with Crippen LogP contribution in [0.1, 0.15) is 24.1 Å². The van der Waals surface area contributed by atoms with Crippen molar-refractivity contribution in [2.45, 2.75) is 13.0 Å². The van der Waals surface area contributed by atoms with E-state index in [-0.39, 0.29) is 11.9 Å². The molecular weight excluding hydrogens is 310 g/mol. The highest BCUT2D eigenvalue weighted by Crippen LogP contribution is 2.30. The summed E-state index contributed by atoms with van der Waals surface area (Å²) >= 11 is 6.03. The molecule has 0 saturated carbocycles. The van der Waals surface area contributed by atoms with Crippen LogP contribution in [0.25, 0.3) is 0 Å². The van der Waals surface area contributed by atoms with Gasteiger partial charge in [-0.05, 0) is 29.3 Å². The largest absolute Gasteiger partial charge is 0.340 e. The predicted octanol–water partition coefficient (Wildman–Crippen LogP) is 2.99. The molecule has 0 radical (unpaired) electrons. The van der Waals surface area contributed by atoms with Gasteiger partial charge in [0.05, 0.1) is 6.04 Å². The number of nitrogens with zero attached hydrogens (tertiary/aromatic N) is 3. The van der Waals surface area contributed by atoms with Crippen LogP contribution >= 0.6 is 11.6 Å². The number of carbonyl (C=O) groups is 1. The van der Waals surface area contributed by atoms with E-state index in [1.165, 1.54) is 5.56 Å². The van der Waals surface area contributed by atoms with Crippen LogP contribution in [0.15, 0.2) is 48.8 Å². The molecule has 2 heterocycles. The standard InChI is InChI=1S/C18H20ClN3O/c1-14(23)21-9-11-22(12-10-21)18(16-3-2-8-20-13-16)15-4-6-17(19)7-5-15/h2-8,13,18H,9-12H2,1H3. The summed E-state index contributed by atoms with van der Waals surface area (Å²) in [6, 6.07) is 12.2. The van der Waals surface area contributed by atoms with Crippen LogP contribution in [-0.2, 0) is 4.79 Å². The topological polar surface area (TPSA) is 36.4 Å². The van der Waals surface area contributed by atoms with E-state index in [1.807, 2.05) is 29.3 Å². The van der Waals surface area contributed by atoms with Crippen molar-refractivity contribution < 1.29 is 4.79 Å². The molecule has 23 heavy (non-hydrogen) atoms. The monoisotopic (exact) mass is 329 g/mol. The second-order valence-corrected chi connectivity index (χ2v) is 6.22. The first-order valence-corrected chi connectivity index (χ1v) is 8.18. The molecule has 5 heteroatoms. The molecule has 3 rings (SSSR count). The van der Waals surface area contributed by atoms with Gasteiger partial charge in [-0.3, -0.25) is 14.7 Å². The van der Waals surface area contributed by atoms with Crippen molar-refractivity contribution in [3.05, 3.63) is 64.9 Å². The van der Waals surface area contributed by atoms with Gasteiger partial charge in [0, 0.05) is 50.5 Å². The fourth-order valence-electron chi connectivity index (χ4n) is 3.09. The summed E-state index contributed by atoms with van der Waals surface area (Å²) in [5.41, 5.74) is 2.35. The fraction of sp³-hybridized carbons (Fsp3) is 0.333. The van der Waals surface area contributed by atoms with E-state index in [9.17, 15) is 4.79 Å². The first kappa shape index (κ1) is 16.0. The van der Waals surface area contributed by atoms with Gasteiger partial charge < -0.3 is 4.90 Å². The Labute approximate surface area is 141 Å². The average molecular weight is 330 g/mol. The van der Waals surface area contributed by atoms with Crippen molar-refractivity contribution in [2.24, 2.45) is 0 Å². The molecule has 0 aliphatic carbocycles. The minimum absolute atomic E-state index is 0.134. The number of halogens is 1. The molecule has 1 aliphatic rings. The van der Waals surface area contributed by atoms with Crippen LogP contribution < -0.4 is 0 Å². The summed E-state index contributed by atoms with van der Waals surface area (Å²) < 4.78 is 0. The Morgan fingerprint density at radius 3 is 2.35 bits per heavy atom. The van der Waals surface area contributed by atoms with Crippen LogP contribution in [-0.4, -0.2) is 46.9 Å². The third-order valence-corrected chi connectivity index (χ3v) is 4.56. The first-order chi connectivity index (χ1) is 11.1. The molecular formula is C18H20ClN3O. The zero-order valence-electron chi connectivity index (χ0n) is 13.2. The normalized spacial score (nSPS) is 17.0. The molecule has 0 spiro atoms. The minimum Gasteiger partial charge on any atom is -0.340 e. The third-order valence-electron chi connectivity index (χ3n) is 4.31. The van der Waals surface area contributed by atoms with E-state index < -0.39 is 0 Å². The molecule has 0 N–H and O–H groups in total. The highest BCUT2D eigenvalue weighted by molar-refractivity contribution is 6.30. The highest BCUT2D eigenvalue weighted by Gasteiger charge is 2.27. The van der Waals surface area contributed by atoms with Crippen molar-refractivity contribution in [3.63, 3.8) is 0 Å². The number of pyridine rings is 1. The molecule has 120 valence electrons.